The van der Waals surface area contributed by atoms with E-state index < -0.39 is 29.9 Å². The lowest BCUT2D eigenvalue weighted by Crippen LogP contribution is -2.54. The summed E-state index contributed by atoms with van der Waals surface area (Å²) in [5.74, 6) is 0.723. The number of primary amides is 1. The Labute approximate surface area is 241 Å². The van der Waals surface area contributed by atoms with Crippen molar-refractivity contribution in [2.45, 2.75) is 51.8 Å². The number of anilines is 1. The first-order valence-electron chi connectivity index (χ1n) is 13.5. The van der Waals surface area contributed by atoms with Gasteiger partial charge in [0.2, 0.25) is 17.7 Å². The first kappa shape index (κ1) is 35.3. The molecule has 0 unspecified atom stereocenters. The number of carbonyl (C=O) groups is 4. The number of terminal acetylenes is 1. The van der Waals surface area contributed by atoms with Crippen LogP contribution in [0.4, 0.5) is 10.5 Å². The number of hydrogen-bond acceptors (Lipinski definition) is 8. The molecule has 7 N–H and O–H groups in total. The molecule has 0 aliphatic rings. The van der Waals surface area contributed by atoms with Crippen molar-refractivity contribution in [1.82, 2.24) is 16.0 Å². The Hall–Kier alpha value is -3.70. The van der Waals surface area contributed by atoms with Crippen LogP contribution in [0, 0.1) is 18.3 Å². The van der Waals surface area contributed by atoms with Gasteiger partial charge >= 0.3 is 6.03 Å². The third-order valence-corrected chi connectivity index (χ3v) is 5.67. The fourth-order valence-electron chi connectivity index (χ4n) is 3.49. The van der Waals surface area contributed by atoms with E-state index in [1.54, 1.807) is 38.1 Å². The summed E-state index contributed by atoms with van der Waals surface area (Å²) >= 11 is 0. The van der Waals surface area contributed by atoms with Crippen molar-refractivity contribution in [2.75, 3.05) is 51.5 Å². The highest BCUT2D eigenvalue weighted by molar-refractivity contribution is 5.98. The van der Waals surface area contributed by atoms with Crippen LogP contribution < -0.4 is 27.0 Å². The molecule has 41 heavy (non-hydrogen) atoms. The number of aliphatic hydroxyl groups excluding tert-OH is 1. The predicted molar refractivity (Wildman–Crippen MR) is 152 cm³/mol. The van der Waals surface area contributed by atoms with E-state index in [1.807, 2.05) is 0 Å². The maximum absolute atomic E-state index is 13.2. The molecule has 0 saturated carbocycles. The third-order valence-electron chi connectivity index (χ3n) is 5.67. The molecule has 0 spiro atoms. The number of benzene rings is 1. The van der Waals surface area contributed by atoms with Crippen LogP contribution in [-0.2, 0) is 35.2 Å². The molecule has 13 heteroatoms. The maximum atomic E-state index is 13.2. The Morgan fingerprint density at radius 1 is 0.951 bits per heavy atom. The van der Waals surface area contributed by atoms with Gasteiger partial charge in [-0.1, -0.05) is 31.9 Å². The Kier molecular flexibility index (Phi) is 18.2. The minimum absolute atomic E-state index is 0.0360. The fraction of sp³-hybridized carbons (Fsp3) is 0.571. The zero-order valence-electron chi connectivity index (χ0n) is 23.8. The molecule has 1 aromatic rings. The van der Waals surface area contributed by atoms with Gasteiger partial charge < -0.3 is 46.3 Å². The zero-order chi connectivity index (χ0) is 30.5. The molecule has 0 bridgehead atoms. The van der Waals surface area contributed by atoms with E-state index in [9.17, 15) is 24.3 Å². The second-order valence-electron chi connectivity index (χ2n) is 9.36. The summed E-state index contributed by atoms with van der Waals surface area (Å²) in [5.41, 5.74) is 6.26. The molecule has 0 saturated heterocycles. The summed E-state index contributed by atoms with van der Waals surface area (Å²) in [6, 6.07) is 4.07. The van der Waals surface area contributed by atoms with E-state index in [2.05, 4.69) is 27.2 Å². The highest BCUT2D eigenvalue weighted by Gasteiger charge is 2.28. The molecule has 228 valence electrons. The van der Waals surface area contributed by atoms with E-state index in [4.69, 9.17) is 26.4 Å². The number of amides is 5. The van der Waals surface area contributed by atoms with Crippen LogP contribution in [0.15, 0.2) is 24.3 Å². The van der Waals surface area contributed by atoms with Crippen LogP contribution in [0.2, 0.25) is 0 Å². The number of aliphatic hydroxyl groups is 1. The van der Waals surface area contributed by atoms with Crippen LogP contribution in [-0.4, -0.2) is 87.1 Å². The number of urea groups is 1. The molecule has 0 heterocycles. The lowest BCUT2D eigenvalue weighted by Gasteiger charge is -2.25. The van der Waals surface area contributed by atoms with Crippen molar-refractivity contribution in [1.29, 1.82) is 0 Å². The van der Waals surface area contributed by atoms with E-state index >= 15 is 0 Å². The molecule has 2 atom stereocenters. The van der Waals surface area contributed by atoms with Gasteiger partial charge in [0.25, 0.3) is 0 Å². The van der Waals surface area contributed by atoms with Gasteiger partial charge in [-0.25, -0.2) is 4.79 Å². The SMILES string of the molecule is C#CCOCCOCCOCCC(=O)N[C@H](C(=O)N[C@@H](CCCNC(N)=O)C(=O)Nc1ccc(CO)cc1)C(C)C. The minimum atomic E-state index is -0.951. The van der Waals surface area contributed by atoms with Crippen molar-refractivity contribution in [2.24, 2.45) is 11.7 Å². The van der Waals surface area contributed by atoms with Gasteiger partial charge in [0.15, 0.2) is 0 Å². The smallest absolute Gasteiger partial charge is 0.312 e. The van der Waals surface area contributed by atoms with Gasteiger partial charge in [-0.2, -0.15) is 0 Å². The Morgan fingerprint density at radius 2 is 1.59 bits per heavy atom. The highest BCUT2D eigenvalue weighted by atomic mass is 16.5. The highest BCUT2D eigenvalue weighted by Crippen LogP contribution is 2.12. The molecule has 0 aromatic heterocycles. The van der Waals surface area contributed by atoms with Gasteiger partial charge in [0.05, 0.1) is 39.6 Å². The van der Waals surface area contributed by atoms with Gasteiger partial charge in [0.1, 0.15) is 18.7 Å². The minimum Gasteiger partial charge on any atom is -0.392 e. The van der Waals surface area contributed by atoms with Crippen molar-refractivity contribution >= 4 is 29.4 Å². The lowest BCUT2D eigenvalue weighted by atomic mass is 10.0. The number of hydrogen-bond donors (Lipinski definition) is 6. The fourth-order valence-corrected chi connectivity index (χ4v) is 3.49. The molecule has 1 aromatic carbocycles. The standard InChI is InChI=1S/C28H43N5O8/c1-4-13-39-15-17-41-18-16-40-14-11-24(35)33-25(20(2)3)27(37)32-23(6-5-12-30-28(29)38)26(36)31-22-9-7-21(19-34)8-10-22/h1,7-10,20,23,25,34H,5-6,11-19H2,2-3H3,(H,31,36)(H,32,37)(H,33,35)(H3,29,30,38)/t23-,25-/m0/s1. The lowest BCUT2D eigenvalue weighted by molar-refractivity contribution is -0.132. The Morgan fingerprint density at radius 3 is 2.17 bits per heavy atom. The molecule has 0 radical (unpaired) electrons. The first-order chi connectivity index (χ1) is 19.7. The van der Waals surface area contributed by atoms with Crippen LogP contribution in [0.1, 0.15) is 38.7 Å². The van der Waals surface area contributed by atoms with Gasteiger partial charge in [-0.15, -0.1) is 6.42 Å². The molecule has 0 aliphatic heterocycles. The van der Waals surface area contributed by atoms with Gasteiger partial charge in [-0.3, -0.25) is 14.4 Å². The Balaban J connectivity index is 2.63. The topological polar surface area (TPSA) is 190 Å². The van der Waals surface area contributed by atoms with Gasteiger partial charge in [0, 0.05) is 18.7 Å². The monoisotopic (exact) mass is 577 g/mol. The Bertz CT molecular complexity index is 981. The van der Waals surface area contributed by atoms with Crippen molar-refractivity contribution in [3.05, 3.63) is 29.8 Å². The average molecular weight is 578 g/mol. The quantitative estimate of drug-likeness (QED) is 0.0886. The van der Waals surface area contributed by atoms with Crippen molar-refractivity contribution in [3.8, 4) is 12.3 Å². The van der Waals surface area contributed by atoms with Crippen molar-refractivity contribution in [3.63, 3.8) is 0 Å². The van der Waals surface area contributed by atoms with Crippen LogP contribution in [0.3, 0.4) is 0 Å². The van der Waals surface area contributed by atoms with E-state index in [0.717, 1.165) is 0 Å². The van der Waals surface area contributed by atoms with Crippen LogP contribution in [0.5, 0.6) is 0 Å². The largest absolute Gasteiger partial charge is 0.392 e. The van der Waals surface area contributed by atoms with E-state index in [1.165, 1.54) is 0 Å². The zero-order valence-corrected chi connectivity index (χ0v) is 23.8. The number of ether oxygens (including phenoxy) is 3. The number of carbonyl (C=O) groups excluding carboxylic acids is 4. The number of nitrogens with one attached hydrogen (secondary N) is 4. The van der Waals surface area contributed by atoms with Crippen molar-refractivity contribution < 1.29 is 38.5 Å². The molecule has 0 fully saturated rings. The maximum Gasteiger partial charge on any atom is 0.312 e. The molecule has 1 rings (SSSR count). The van der Waals surface area contributed by atoms with Crippen LogP contribution >= 0.6 is 0 Å². The molecule has 5 amide bonds. The predicted octanol–water partition coefficient (Wildman–Crippen LogP) is 0.265. The summed E-state index contributed by atoms with van der Waals surface area (Å²) in [6.07, 6.45) is 5.69. The summed E-state index contributed by atoms with van der Waals surface area (Å²) < 4.78 is 15.8. The van der Waals surface area contributed by atoms with Crippen LogP contribution in [0.25, 0.3) is 0 Å². The van der Waals surface area contributed by atoms with E-state index in [0.29, 0.717) is 44.1 Å². The summed E-state index contributed by atoms with van der Waals surface area (Å²) in [6.45, 7) is 5.41. The molecular formula is C28H43N5O8. The average Bonchev–Trinajstić information content (AvgIpc) is 2.94. The molecule has 13 nitrogen and oxygen atoms in total. The number of rotatable bonds is 21. The summed E-state index contributed by atoms with van der Waals surface area (Å²) in [5, 5.41) is 19.8. The van der Waals surface area contributed by atoms with Gasteiger partial charge in [-0.05, 0) is 36.5 Å². The van der Waals surface area contributed by atoms with E-state index in [-0.39, 0.29) is 51.0 Å². The number of nitrogens with two attached hydrogens (primary N) is 1. The third kappa shape index (κ3) is 16.2. The second-order valence-corrected chi connectivity index (χ2v) is 9.36. The normalized spacial score (nSPS) is 12.2. The summed E-state index contributed by atoms with van der Waals surface area (Å²) in [7, 11) is 0. The molecule has 0 aliphatic carbocycles. The second kappa shape index (κ2) is 21.1. The first-order valence-corrected chi connectivity index (χ1v) is 13.5. The summed E-state index contributed by atoms with van der Waals surface area (Å²) in [4.78, 5) is 49.7. The molecular weight excluding hydrogens is 534 g/mol.